The highest BCUT2D eigenvalue weighted by Crippen LogP contribution is 2.06. The molecule has 0 unspecified atom stereocenters. The third kappa shape index (κ3) is 4.47. The number of carbonyl (C=O) groups is 1. The number of nitrogens with one attached hydrogen (secondary N) is 2. The van der Waals surface area contributed by atoms with Gasteiger partial charge in [0.2, 0.25) is 5.91 Å². The van der Waals surface area contributed by atoms with E-state index < -0.39 is 0 Å². The van der Waals surface area contributed by atoms with Crippen molar-refractivity contribution in [2.45, 2.75) is 0 Å². The Balaban J connectivity index is 0.00000162. The lowest BCUT2D eigenvalue weighted by atomic mass is 10.3. The van der Waals surface area contributed by atoms with E-state index in [4.69, 9.17) is 0 Å². The molecule has 0 aliphatic carbocycles. The maximum absolute atomic E-state index is 11.6. The second-order valence-corrected chi connectivity index (χ2v) is 3.63. The van der Waals surface area contributed by atoms with Crippen molar-refractivity contribution in [1.29, 1.82) is 0 Å². The highest BCUT2D eigenvalue weighted by atomic mass is 35.5. The summed E-state index contributed by atoms with van der Waals surface area (Å²) in [6, 6.07) is 19.1. The molecule has 0 radical (unpaired) electrons. The van der Waals surface area contributed by atoms with E-state index in [0.29, 0.717) is 0 Å². The normalized spacial score (nSPS) is 9.11. The van der Waals surface area contributed by atoms with Gasteiger partial charge in [0.15, 0.2) is 0 Å². The summed E-state index contributed by atoms with van der Waals surface area (Å²) in [5.74, 6) is -0.0555. The molecule has 1 amide bonds. The maximum Gasteiger partial charge on any atom is 0.243 e. The average molecular weight is 262 g/mol. The molecule has 3 nitrogen and oxygen atoms in total. The van der Waals surface area contributed by atoms with Crippen LogP contribution in [0.1, 0.15) is 0 Å². The molecule has 2 rings (SSSR count). The molecule has 0 saturated heterocycles. The van der Waals surface area contributed by atoms with E-state index in [1.807, 2.05) is 60.7 Å². The van der Waals surface area contributed by atoms with Crippen LogP contribution in [-0.2, 0) is 4.79 Å². The van der Waals surface area contributed by atoms with Crippen LogP contribution in [0.2, 0.25) is 0 Å². The van der Waals surface area contributed by atoms with Gasteiger partial charge in [-0.25, -0.2) is 0 Å². The number of benzene rings is 2. The van der Waals surface area contributed by atoms with Crippen molar-refractivity contribution in [3.05, 3.63) is 60.7 Å². The molecule has 18 heavy (non-hydrogen) atoms. The van der Waals surface area contributed by atoms with Gasteiger partial charge in [0.25, 0.3) is 0 Å². The first-order chi connectivity index (χ1) is 8.34. The number of halogens is 1. The molecule has 0 aliphatic heterocycles. The molecule has 94 valence electrons. The smallest absolute Gasteiger partial charge is 0.243 e. The molecule has 0 spiro atoms. The first-order valence-corrected chi connectivity index (χ1v) is 5.48. The van der Waals surface area contributed by atoms with E-state index in [0.717, 1.165) is 11.4 Å². The Bertz CT molecular complexity index is 474. The lowest BCUT2D eigenvalue weighted by Gasteiger charge is -2.07. The van der Waals surface area contributed by atoms with Gasteiger partial charge in [0.1, 0.15) is 0 Å². The van der Waals surface area contributed by atoms with E-state index in [1.54, 1.807) is 0 Å². The Labute approximate surface area is 113 Å². The van der Waals surface area contributed by atoms with Crippen molar-refractivity contribution in [3.63, 3.8) is 0 Å². The van der Waals surface area contributed by atoms with Crippen LogP contribution in [0.15, 0.2) is 60.7 Å². The molecular formula is C14H14ClN2O-. The Morgan fingerprint density at radius 3 is 1.89 bits per heavy atom. The van der Waals surface area contributed by atoms with Crippen molar-refractivity contribution in [3.8, 4) is 0 Å². The van der Waals surface area contributed by atoms with E-state index in [1.165, 1.54) is 0 Å². The Morgan fingerprint density at radius 2 is 1.33 bits per heavy atom. The molecule has 0 saturated carbocycles. The summed E-state index contributed by atoms with van der Waals surface area (Å²) in [6.45, 7) is 0.263. The van der Waals surface area contributed by atoms with Crippen LogP contribution < -0.4 is 23.0 Å². The lowest BCUT2D eigenvalue weighted by Crippen LogP contribution is -3.00. The molecule has 0 bridgehead atoms. The van der Waals surface area contributed by atoms with Gasteiger partial charge in [-0.15, -0.1) is 0 Å². The monoisotopic (exact) mass is 261 g/mol. The molecule has 0 heterocycles. The SMILES string of the molecule is O=C(CNc1ccccc1)Nc1ccccc1.[Cl-]. The molecule has 0 aliphatic rings. The summed E-state index contributed by atoms with van der Waals surface area (Å²) >= 11 is 0. The molecule has 2 aromatic carbocycles. The second-order valence-electron chi connectivity index (χ2n) is 3.63. The van der Waals surface area contributed by atoms with Crippen LogP contribution in [-0.4, -0.2) is 12.5 Å². The largest absolute Gasteiger partial charge is 1.00 e. The molecule has 4 heteroatoms. The number of hydrogen-bond donors (Lipinski definition) is 2. The first-order valence-electron chi connectivity index (χ1n) is 5.48. The average Bonchev–Trinajstić information content (AvgIpc) is 2.39. The van der Waals surface area contributed by atoms with Crippen molar-refractivity contribution >= 4 is 17.3 Å². The third-order valence-electron chi connectivity index (χ3n) is 2.28. The van der Waals surface area contributed by atoms with Crippen LogP contribution in [0.3, 0.4) is 0 Å². The molecule has 0 aromatic heterocycles. The minimum Gasteiger partial charge on any atom is -1.00 e. The number of anilines is 2. The highest BCUT2D eigenvalue weighted by Gasteiger charge is 2.00. The topological polar surface area (TPSA) is 41.1 Å². The minimum atomic E-state index is -0.0555. The van der Waals surface area contributed by atoms with Gasteiger partial charge in [-0.05, 0) is 24.3 Å². The zero-order chi connectivity index (χ0) is 11.9. The van der Waals surface area contributed by atoms with E-state index >= 15 is 0 Å². The summed E-state index contributed by atoms with van der Waals surface area (Å²) in [6.07, 6.45) is 0. The van der Waals surface area contributed by atoms with Crippen molar-refractivity contribution in [2.75, 3.05) is 17.2 Å². The second kappa shape index (κ2) is 7.35. The third-order valence-corrected chi connectivity index (χ3v) is 2.28. The number of amides is 1. The Kier molecular flexibility index (Phi) is 5.74. The predicted octanol–water partition coefficient (Wildman–Crippen LogP) is -0.259. The summed E-state index contributed by atoms with van der Waals surface area (Å²) in [5.41, 5.74) is 1.75. The van der Waals surface area contributed by atoms with Crippen LogP contribution in [0, 0.1) is 0 Å². The van der Waals surface area contributed by atoms with Gasteiger partial charge in [0, 0.05) is 11.4 Å². The number of hydrogen-bond acceptors (Lipinski definition) is 2. The van der Waals surface area contributed by atoms with E-state index in [2.05, 4.69) is 10.6 Å². The van der Waals surface area contributed by atoms with E-state index in [9.17, 15) is 4.79 Å². The van der Waals surface area contributed by atoms with E-state index in [-0.39, 0.29) is 24.9 Å². The molecule has 2 N–H and O–H groups in total. The van der Waals surface area contributed by atoms with Crippen LogP contribution in [0.25, 0.3) is 0 Å². The first kappa shape index (κ1) is 14.1. The molecular weight excluding hydrogens is 248 g/mol. The van der Waals surface area contributed by atoms with Gasteiger partial charge in [-0.2, -0.15) is 0 Å². The summed E-state index contributed by atoms with van der Waals surface area (Å²) in [4.78, 5) is 11.6. The van der Waals surface area contributed by atoms with Crippen molar-refractivity contribution in [2.24, 2.45) is 0 Å². The van der Waals surface area contributed by atoms with Gasteiger partial charge >= 0.3 is 0 Å². The molecule has 0 atom stereocenters. The fourth-order valence-electron chi connectivity index (χ4n) is 1.47. The van der Waals surface area contributed by atoms with Gasteiger partial charge in [-0.3, -0.25) is 4.79 Å². The lowest BCUT2D eigenvalue weighted by molar-refractivity contribution is -0.114. The van der Waals surface area contributed by atoms with Crippen LogP contribution in [0.4, 0.5) is 11.4 Å². The Morgan fingerprint density at radius 1 is 0.833 bits per heavy atom. The zero-order valence-electron chi connectivity index (χ0n) is 9.77. The fraction of sp³-hybridized carbons (Fsp3) is 0.0714. The standard InChI is InChI=1S/C14H14N2O.ClH/c17-14(16-13-9-5-2-6-10-13)11-15-12-7-3-1-4-8-12;/h1-10,15H,11H2,(H,16,17);1H/p-1. The fourth-order valence-corrected chi connectivity index (χ4v) is 1.47. The van der Waals surface area contributed by atoms with Gasteiger partial charge in [-0.1, -0.05) is 36.4 Å². The maximum atomic E-state index is 11.6. The van der Waals surface area contributed by atoms with Crippen molar-refractivity contribution in [1.82, 2.24) is 0 Å². The Hall–Kier alpha value is -2.00. The van der Waals surface area contributed by atoms with Crippen LogP contribution >= 0.6 is 0 Å². The summed E-state index contributed by atoms with van der Waals surface area (Å²) < 4.78 is 0. The zero-order valence-corrected chi connectivity index (χ0v) is 10.5. The van der Waals surface area contributed by atoms with Gasteiger partial charge in [0.05, 0.1) is 6.54 Å². The quantitative estimate of drug-likeness (QED) is 0.796. The summed E-state index contributed by atoms with van der Waals surface area (Å²) in [5, 5.41) is 5.86. The molecule has 0 fully saturated rings. The highest BCUT2D eigenvalue weighted by molar-refractivity contribution is 5.93. The number of rotatable bonds is 4. The summed E-state index contributed by atoms with van der Waals surface area (Å²) in [7, 11) is 0. The molecule has 2 aromatic rings. The van der Waals surface area contributed by atoms with Crippen molar-refractivity contribution < 1.29 is 17.2 Å². The predicted molar refractivity (Wildman–Crippen MR) is 70.0 cm³/mol. The minimum absolute atomic E-state index is 0. The van der Waals surface area contributed by atoms with Gasteiger partial charge < -0.3 is 23.0 Å². The number of carbonyl (C=O) groups excluding carboxylic acids is 1. The van der Waals surface area contributed by atoms with Crippen LogP contribution in [0.5, 0.6) is 0 Å². The number of para-hydroxylation sites is 2.